The summed E-state index contributed by atoms with van der Waals surface area (Å²) in [7, 11) is 4.01. The topological polar surface area (TPSA) is 60.0 Å². The minimum absolute atomic E-state index is 0.0511. The van der Waals surface area contributed by atoms with Crippen LogP contribution in [0.3, 0.4) is 0 Å². The van der Waals surface area contributed by atoms with Gasteiger partial charge in [0.1, 0.15) is 11.7 Å². The fourth-order valence-corrected chi connectivity index (χ4v) is 3.87. The zero-order valence-corrected chi connectivity index (χ0v) is 16.5. The van der Waals surface area contributed by atoms with Gasteiger partial charge < -0.3 is 19.6 Å². The van der Waals surface area contributed by atoms with E-state index in [1.165, 1.54) is 0 Å². The molecule has 3 rings (SSSR count). The molecule has 0 N–H and O–H groups in total. The monoisotopic (exact) mass is 373 g/mol. The molecule has 0 aliphatic carbocycles. The normalized spacial score (nSPS) is 21.4. The first-order valence-corrected chi connectivity index (χ1v) is 9.94. The summed E-state index contributed by atoms with van der Waals surface area (Å²) in [4.78, 5) is 38.1. The Morgan fingerprint density at radius 1 is 1.19 bits per heavy atom. The van der Waals surface area contributed by atoms with Gasteiger partial charge in [0, 0.05) is 52.5 Å². The number of rotatable bonds is 6. The zero-order valence-electron chi connectivity index (χ0n) is 16.5. The Bertz CT molecular complexity index is 631. The number of carbonyl (C=O) groups excluding carboxylic acids is 2. The van der Waals surface area contributed by atoms with E-state index in [2.05, 4.69) is 21.8 Å². The van der Waals surface area contributed by atoms with Crippen LogP contribution >= 0.6 is 0 Å². The van der Waals surface area contributed by atoms with Gasteiger partial charge in [-0.15, -0.1) is 0 Å². The molecule has 1 aromatic rings. The quantitative estimate of drug-likeness (QED) is 0.738. The lowest BCUT2D eigenvalue weighted by molar-refractivity contribution is -0.134. The molecule has 7 heteroatoms. The van der Waals surface area contributed by atoms with Gasteiger partial charge in [0.2, 0.25) is 5.91 Å². The number of aromatic nitrogens is 1. The SMILES string of the molecule is CN1CCN(CCCN(C)C(=O)[C@@H]2CCCN2C(=O)c2ccccn2)CC1. The van der Waals surface area contributed by atoms with Gasteiger partial charge in [0.15, 0.2) is 0 Å². The maximum absolute atomic E-state index is 12.9. The number of likely N-dealkylation sites (tertiary alicyclic amines) is 1. The average Bonchev–Trinajstić information content (AvgIpc) is 3.18. The van der Waals surface area contributed by atoms with Crippen molar-refractivity contribution in [2.75, 3.05) is 59.9 Å². The summed E-state index contributed by atoms with van der Waals surface area (Å²) < 4.78 is 0. The van der Waals surface area contributed by atoms with E-state index in [4.69, 9.17) is 0 Å². The Labute approximate surface area is 161 Å². The summed E-state index contributed by atoms with van der Waals surface area (Å²) in [6.45, 7) is 6.80. The summed E-state index contributed by atoms with van der Waals surface area (Å²) in [5, 5.41) is 0. The molecule has 0 saturated carbocycles. The molecule has 2 amide bonds. The second kappa shape index (κ2) is 9.28. The third-order valence-corrected chi connectivity index (χ3v) is 5.62. The number of hydrogen-bond donors (Lipinski definition) is 0. The van der Waals surface area contributed by atoms with E-state index in [9.17, 15) is 9.59 Å². The van der Waals surface area contributed by atoms with Gasteiger partial charge in [-0.3, -0.25) is 14.6 Å². The highest BCUT2D eigenvalue weighted by Gasteiger charge is 2.36. The third-order valence-electron chi connectivity index (χ3n) is 5.62. The Morgan fingerprint density at radius 3 is 2.67 bits per heavy atom. The van der Waals surface area contributed by atoms with Crippen molar-refractivity contribution in [3.63, 3.8) is 0 Å². The predicted octanol–water partition coefficient (Wildman–Crippen LogP) is 0.782. The molecule has 1 atom stereocenters. The lowest BCUT2D eigenvalue weighted by Crippen LogP contribution is -2.48. The number of pyridine rings is 1. The Hall–Kier alpha value is -1.99. The van der Waals surface area contributed by atoms with Crippen molar-refractivity contribution in [3.05, 3.63) is 30.1 Å². The molecule has 1 aromatic heterocycles. The van der Waals surface area contributed by atoms with Gasteiger partial charge >= 0.3 is 0 Å². The molecule has 2 saturated heterocycles. The molecule has 0 aromatic carbocycles. The number of nitrogens with zero attached hydrogens (tertiary/aromatic N) is 5. The van der Waals surface area contributed by atoms with Gasteiger partial charge in [-0.2, -0.15) is 0 Å². The fourth-order valence-electron chi connectivity index (χ4n) is 3.87. The van der Waals surface area contributed by atoms with Crippen LogP contribution in [0.15, 0.2) is 24.4 Å². The minimum atomic E-state index is -0.354. The van der Waals surface area contributed by atoms with Crippen LogP contribution in [-0.4, -0.2) is 102 Å². The van der Waals surface area contributed by atoms with Crippen molar-refractivity contribution >= 4 is 11.8 Å². The van der Waals surface area contributed by atoms with Crippen LogP contribution in [0.1, 0.15) is 29.8 Å². The van der Waals surface area contributed by atoms with Crippen LogP contribution in [-0.2, 0) is 4.79 Å². The molecule has 3 heterocycles. The van der Waals surface area contributed by atoms with Crippen LogP contribution in [0.4, 0.5) is 0 Å². The van der Waals surface area contributed by atoms with Gasteiger partial charge in [0.05, 0.1) is 0 Å². The minimum Gasteiger partial charge on any atom is -0.344 e. The van der Waals surface area contributed by atoms with Gasteiger partial charge in [-0.1, -0.05) is 6.07 Å². The van der Waals surface area contributed by atoms with E-state index in [-0.39, 0.29) is 17.9 Å². The van der Waals surface area contributed by atoms with Crippen LogP contribution in [0.25, 0.3) is 0 Å². The summed E-state index contributed by atoms with van der Waals surface area (Å²) in [5.74, 6) is -0.0903. The number of piperazine rings is 1. The molecular formula is C20H31N5O2. The maximum Gasteiger partial charge on any atom is 0.273 e. The van der Waals surface area contributed by atoms with Crippen molar-refractivity contribution in [1.29, 1.82) is 0 Å². The Balaban J connectivity index is 1.49. The first kappa shape index (κ1) is 19.8. The van der Waals surface area contributed by atoms with Crippen LogP contribution < -0.4 is 0 Å². The lowest BCUT2D eigenvalue weighted by Gasteiger charge is -2.33. The van der Waals surface area contributed by atoms with Crippen LogP contribution in [0.5, 0.6) is 0 Å². The molecule has 7 nitrogen and oxygen atoms in total. The molecular weight excluding hydrogens is 342 g/mol. The molecule has 148 valence electrons. The number of hydrogen-bond acceptors (Lipinski definition) is 5. The molecule has 2 aliphatic rings. The van der Waals surface area contributed by atoms with Crippen molar-refractivity contribution in [1.82, 2.24) is 24.6 Å². The van der Waals surface area contributed by atoms with Crippen LogP contribution in [0, 0.1) is 0 Å². The lowest BCUT2D eigenvalue weighted by atomic mass is 10.1. The number of likely N-dealkylation sites (N-methyl/N-ethyl adjacent to an activating group) is 2. The smallest absolute Gasteiger partial charge is 0.273 e. The van der Waals surface area contributed by atoms with Crippen LogP contribution in [0.2, 0.25) is 0 Å². The highest BCUT2D eigenvalue weighted by atomic mass is 16.2. The maximum atomic E-state index is 12.9. The standard InChI is InChI=1S/C20H31N5O2/c1-22-13-15-24(16-14-22)11-6-10-23(2)20(27)18-8-5-12-25(18)19(26)17-7-3-4-9-21-17/h3-4,7,9,18H,5-6,8,10-16H2,1-2H3/t18-/m0/s1. The predicted molar refractivity (Wildman–Crippen MR) is 104 cm³/mol. The molecule has 2 fully saturated rings. The molecule has 0 radical (unpaired) electrons. The highest BCUT2D eigenvalue weighted by molar-refractivity contribution is 5.96. The summed E-state index contributed by atoms with van der Waals surface area (Å²) in [6.07, 6.45) is 4.18. The summed E-state index contributed by atoms with van der Waals surface area (Å²) in [5.41, 5.74) is 0.412. The van der Waals surface area contributed by atoms with Gasteiger partial charge in [0.25, 0.3) is 5.91 Å². The number of carbonyl (C=O) groups is 2. The molecule has 0 bridgehead atoms. The van der Waals surface area contributed by atoms with E-state index in [0.29, 0.717) is 12.2 Å². The molecule has 0 spiro atoms. The fraction of sp³-hybridized carbons (Fsp3) is 0.650. The van der Waals surface area contributed by atoms with Crippen molar-refractivity contribution < 1.29 is 9.59 Å². The molecule has 27 heavy (non-hydrogen) atoms. The first-order chi connectivity index (χ1) is 13.1. The Morgan fingerprint density at radius 2 is 1.96 bits per heavy atom. The third kappa shape index (κ3) is 5.05. The average molecular weight is 374 g/mol. The van der Waals surface area contributed by atoms with Crippen molar-refractivity contribution in [3.8, 4) is 0 Å². The van der Waals surface area contributed by atoms with Crippen molar-refractivity contribution in [2.24, 2.45) is 0 Å². The molecule has 0 unspecified atom stereocenters. The Kier molecular flexibility index (Phi) is 6.79. The van der Waals surface area contributed by atoms with E-state index < -0.39 is 0 Å². The second-order valence-electron chi connectivity index (χ2n) is 7.63. The van der Waals surface area contributed by atoms with Crippen molar-refractivity contribution in [2.45, 2.75) is 25.3 Å². The number of amides is 2. The van der Waals surface area contributed by atoms with E-state index in [1.54, 1.807) is 34.2 Å². The first-order valence-electron chi connectivity index (χ1n) is 9.94. The van der Waals surface area contributed by atoms with E-state index in [1.807, 2.05) is 7.05 Å². The van der Waals surface area contributed by atoms with E-state index >= 15 is 0 Å². The van der Waals surface area contributed by atoms with E-state index in [0.717, 1.165) is 58.5 Å². The zero-order chi connectivity index (χ0) is 19.2. The largest absolute Gasteiger partial charge is 0.344 e. The molecule has 2 aliphatic heterocycles. The summed E-state index contributed by atoms with van der Waals surface area (Å²) >= 11 is 0. The highest BCUT2D eigenvalue weighted by Crippen LogP contribution is 2.21. The summed E-state index contributed by atoms with van der Waals surface area (Å²) in [6, 6.07) is 4.95. The van der Waals surface area contributed by atoms with Gasteiger partial charge in [-0.05, 0) is 45.0 Å². The second-order valence-corrected chi connectivity index (χ2v) is 7.63. The van der Waals surface area contributed by atoms with Gasteiger partial charge in [-0.25, -0.2) is 0 Å².